The molecule has 0 atom stereocenters. The lowest BCUT2D eigenvalue weighted by Gasteiger charge is -2.13. The van der Waals surface area contributed by atoms with Crippen molar-refractivity contribution in [2.45, 2.75) is 19.9 Å². The number of carbonyl (C=O) groups is 1. The Morgan fingerprint density at radius 2 is 1.89 bits per heavy atom. The Bertz CT molecular complexity index is 984. The highest BCUT2D eigenvalue weighted by molar-refractivity contribution is 7.89. The number of sulfonamides is 1. The average molecular weight is 420 g/mol. The van der Waals surface area contributed by atoms with E-state index in [0.717, 1.165) is 0 Å². The topological polar surface area (TPSA) is 97.4 Å². The van der Waals surface area contributed by atoms with E-state index < -0.39 is 38.9 Å². The highest BCUT2D eigenvalue weighted by Gasteiger charge is 2.20. The molecule has 7 nitrogen and oxygen atoms in total. The van der Waals surface area contributed by atoms with Gasteiger partial charge in [0.2, 0.25) is 10.0 Å². The molecular weight excluding hydrogens is 404 g/mol. The number of ether oxygens (including phenoxy) is 1. The molecule has 1 aromatic heterocycles. The molecule has 146 valence electrons. The molecule has 0 unspecified atom stereocenters. The molecule has 2 rings (SSSR count). The number of anilines is 1. The first-order valence-electron chi connectivity index (χ1n) is 7.57. The van der Waals surface area contributed by atoms with Crippen molar-refractivity contribution in [3.05, 3.63) is 46.6 Å². The third-order valence-electron chi connectivity index (χ3n) is 3.01. The maximum absolute atomic E-state index is 14.2. The van der Waals surface area contributed by atoms with Crippen molar-refractivity contribution in [3.8, 4) is 11.5 Å². The maximum atomic E-state index is 14.2. The number of benzene rings is 1. The molecule has 11 heteroatoms. The summed E-state index contributed by atoms with van der Waals surface area (Å²) in [6, 6.07) is 2.61. The van der Waals surface area contributed by atoms with Crippen LogP contribution in [0.5, 0.6) is 11.5 Å². The van der Waals surface area contributed by atoms with Gasteiger partial charge in [0, 0.05) is 18.2 Å². The summed E-state index contributed by atoms with van der Waals surface area (Å²) < 4.78 is 57.1. The van der Waals surface area contributed by atoms with E-state index in [9.17, 15) is 22.0 Å². The Hall–Kier alpha value is -2.46. The van der Waals surface area contributed by atoms with Crippen LogP contribution in [-0.2, 0) is 10.0 Å². The number of amides is 1. The first kappa shape index (κ1) is 20.8. The van der Waals surface area contributed by atoms with Crippen LogP contribution in [-0.4, -0.2) is 31.6 Å². The third kappa shape index (κ3) is 5.76. The Morgan fingerprint density at radius 1 is 1.22 bits per heavy atom. The molecule has 0 radical (unpaired) electrons. The Labute approximate surface area is 159 Å². The fourth-order valence-corrected chi connectivity index (χ4v) is 2.64. The van der Waals surface area contributed by atoms with Crippen molar-refractivity contribution >= 4 is 33.3 Å². The van der Waals surface area contributed by atoms with E-state index >= 15 is 0 Å². The van der Waals surface area contributed by atoms with Crippen LogP contribution < -0.4 is 14.8 Å². The van der Waals surface area contributed by atoms with Crippen LogP contribution in [0.2, 0.25) is 5.02 Å². The largest absolute Gasteiger partial charge is 0.452 e. The third-order valence-corrected chi connectivity index (χ3v) is 3.86. The minimum Gasteiger partial charge on any atom is -0.452 e. The smallest absolute Gasteiger partial charge is 0.267 e. The number of carbonyl (C=O) groups excluding carboxylic acids is 1. The van der Waals surface area contributed by atoms with E-state index in [-0.39, 0.29) is 16.8 Å². The molecule has 0 aliphatic carbocycles. The highest BCUT2D eigenvalue weighted by Crippen LogP contribution is 2.30. The van der Waals surface area contributed by atoms with Crippen LogP contribution in [0.25, 0.3) is 0 Å². The SMILES string of the molecule is CC(C)Nc1ncc(Oc2cc(F)c(C(=O)NS(C)(=O)=O)cc2F)cc1Cl. The van der Waals surface area contributed by atoms with E-state index in [0.29, 0.717) is 24.2 Å². The second-order valence-electron chi connectivity index (χ2n) is 5.87. The minimum absolute atomic E-state index is 0.0425. The number of hydrogen-bond acceptors (Lipinski definition) is 6. The van der Waals surface area contributed by atoms with Gasteiger partial charge in [-0.1, -0.05) is 11.6 Å². The van der Waals surface area contributed by atoms with Crippen LogP contribution in [0.15, 0.2) is 24.4 Å². The van der Waals surface area contributed by atoms with Gasteiger partial charge in [0.25, 0.3) is 5.91 Å². The standard InChI is InChI=1S/C16H16ClF2N3O4S/c1-8(2)21-15-11(17)4-9(7-20-15)26-14-6-12(18)10(5-13(14)19)16(23)22-27(3,24)25/h4-8H,1-3H3,(H,20,21)(H,22,23). The van der Waals surface area contributed by atoms with Crippen LogP contribution >= 0.6 is 11.6 Å². The van der Waals surface area contributed by atoms with Crippen LogP contribution in [0.3, 0.4) is 0 Å². The molecular formula is C16H16ClF2N3O4S. The molecule has 27 heavy (non-hydrogen) atoms. The second kappa shape index (κ2) is 8.05. The predicted molar refractivity (Wildman–Crippen MR) is 96.7 cm³/mol. The lowest BCUT2D eigenvalue weighted by molar-refractivity contribution is 0.0977. The van der Waals surface area contributed by atoms with Crippen LogP contribution in [0.4, 0.5) is 14.6 Å². The predicted octanol–water partition coefficient (Wildman–Crippen LogP) is 3.32. The molecule has 1 heterocycles. The van der Waals surface area contributed by atoms with Gasteiger partial charge in [0.1, 0.15) is 17.4 Å². The molecule has 0 aliphatic rings. The van der Waals surface area contributed by atoms with Gasteiger partial charge in [-0.25, -0.2) is 26.9 Å². The summed E-state index contributed by atoms with van der Waals surface area (Å²) in [5.41, 5.74) is -0.780. The maximum Gasteiger partial charge on any atom is 0.267 e. The summed E-state index contributed by atoms with van der Waals surface area (Å²) in [5.74, 6) is -3.61. The van der Waals surface area contributed by atoms with E-state index in [1.54, 1.807) is 4.72 Å². The zero-order valence-corrected chi connectivity index (χ0v) is 16.1. The van der Waals surface area contributed by atoms with Crippen molar-refractivity contribution in [2.75, 3.05) is 11.6 Å². The van der Waals surface area contributed by atoms with Gasteiger partial charge < -0.3 is 10.1 Å². The van der Waals surface area contributed by atoms with Gasteiger partial charge in [0.05, 0.1) is 23.0 Å². The minimum atomic E-state index is -3.93. The van der Waals surface area contributed by atoms with Crippen molar-refractivity contribution < 1.29 is 26.7 Å². The number of nitrogens with one attached hydrogen (secondary N) is 2. The van der Waals surface area contributed by atoms with Crippen LogP contribution in [0, 0.1) is 11.6 Å². The summed E-state index contributed by atoms with van der Waals surface area (Å²) in [6.07, 6.45) is 1.98. The molecule has 1 amide bonds. The van der Waals surface area contributed by atoms with E-state index in [1.165, 1.54) is 12.3 Å². The summed E-state index contributed by atoms with van der Waals surface area (Å²) in [4.78, 5) is 15.7. The number of hydrogen-bond donors (Lipinski definition) is 2. The van der Waals surface area contributed by atoms with E-state index in [1.807, 2.05) is 13.8 Å². The van der Waals surface area contributed by atoms with Gasteiger partial charge in [-0.15, -0.1) is 0 Å². The number of rotatable bonds is 6. The van der Waals surface area contributed by atoms with Gasteiger partial charge in [-0.3, -0.25) is 4.79 Å². The molecule has 0 fully saturated rings. The van der Waals surface area contributed by atoms with Gasteiger partial charge >= 0.3 is 0 Å². The molecule has 0 aliphatic heterocycles. The lowest BCUT2D eigenvalue weighted by atomic mass is 10.2. The van der Waals surface area contributed by atoms with Crippen molar-refractivity contribution in [1.82, 2.24) is 9.71 Å². The number of pyridine rings is 1. The zero-order chi connectivity index (χ0) is 20.4. The summed E-state index contributed by atoms with van der Waals surface area (Å²) in [6.45, 7) is 3.78. The Kier molecular flexibility index (Phi) is 6.22. The number of halogens is 3. The first-order valence-corrected chi connectivity index (χ1v) is 9.84. The Balaban J connectivity index is 2.26. The first-order chi connectivity index (χ1) is 12.5. The molecule has 0 saturated heterocycles. The fourth-order valence-electron chi connectivity index (χ4n) is 1.99. The quantitative estimate of drug-likeness (QED) is 0.745. The van der Waals surface area contributed by atoms with Gasteiger partial charge in [-0.05, 0) is 19.9 Å². The Morgan fingerprint density at radius 3 is 2.44 bits per heavy atom. The van der Waals surface area contributed by atoms with E-state index in [4.69, 9.17) is 16.3 Å². The molecule has 2 N–H and O–H groups in total. The van der Waals surface area contributed by atoms with Gasteiger partial charge in [0.15, 0.2) is 11.6 Å². The molecule has 0 bridgehead atoms. The highest BCUT2D eigenvalue weighted by atomic mass is 35.5. The normalized spacial score (nSPS) is 11.4. The van der Waals surface area contributed by atoms with Crippen molar-refractivity contribution in [1.29, 1.82) is 0 Å². The summed E-state index contributed by atoms with van der Waals surface area (Å²) >= 11 is 6.06. The summed E-state index contributed by atoms with van der Waals surface area (Å²) in [5, 5.41) is 3.21. The van der Waals surface area contributed by atoms with Crippen molar-refractivity contribution in [2.24, 2.45) is 0 Å². The molecule has 1 aromatic carbocycles. The fraction of sp³-hybridized carbons (Fsp3) is 0.250. The number of nitrogens with zero attached hydrogens (tertiary/aromatic N) is 1. The molecule has 0 saturated carbocycles. The van der Waals surface area contributed by atoms with Crippen LogP contribution in [0.1, 0.15) is 24.2 Å². The summed E-state index contributed by atoms with van der Waals surface area (Å²) in [7, 11) is -3.93. The average Bonchev–Trinajstić information content (AvgIpc) is 2.51. The van der Waals surface area contributed by atoms with Gasteiger partial charge in [-0.2, -0.15) is 0 Å². The molecule has 0 spiro atoms. The molecule has 2 aromatic rings. The lowest BCUT2D eigenvalue weighted by Crippen LogP contribution is -2.30. The zero-order valence-electron chi connectivity index (χ0n) is 14.5. The van der Waals surface area contributed by atoms with Crippen molar-refractivity contribution in [3.63, 3.8) is 0 Å². The second-order valence-corrected chi connectivity index (χ2v) is 8.02. The monoisotopic (exact) mass is 419 g/mol. The van der Waals surface area contributed by atoms with E-state index in [2.05, 4.69) is 10.3 Å². The number of aromatic nitrogens is 1.